The van der Waals surface area contributed by atoms with Gasteiger partial charge in [-0.05, 0) is 49.8 Å². The number of hydrogen-bond donors (Lipinski definition) is 0. The molecule has 0 aromatic heterocycles. The standard InChI is InChI=1S/C28H31N3O3S/c1-6-30(5)24(32)15-22-17-35-28-29-20(4)25(27(33)34-16-21-10-8-7-9-11-21)26(31(22)28)23-13-12-18(2)14-19(23)3/h7-14,17,26H,6,15-16H2,1-5H3. The van der Waals surface area contributed by atoms with E-state index in [9.17, 15) is 9.59 Å². The Balaban J connectivity index is 1.72. The van der Waals surface area contributed by atoms with Gasteiger partial charge in [-0.15, -0.1) is 0 Å². The summed E-state index contributed by atoms with van der Waals surface area (Å²) in [5.41, 5.74) is 6.12. The van der Waals surface area contributed by atoms with Gasteiger partial charge in [0.2, 0.25) is 5.91 Å². The molecular formula is C28H31N3O3S. The number of thioether (sulfide) groups is 1. The molecule has 1 atom stereocenters. The molecule has 1 amide bonds. The molecule has 0 fully saturated rings. The topological polar surface area (TPSA) is 62.2 Å². The van der Waals surface area contributed by atoms with Gasteiger partial charge in [-0.2, -0.15) is 0 Å². The number of fused-ring (bicyclic) bond motifs is 1. The third-order valence-corrected chi connectivity index (χ3v) is 7.27. The number of hydrogen-bond acceptors (Lipinski definition) is 6. The Bertz CT molecular complexity index is 1230. The van der Waals surface area contributed by atoms with Gasteiger partial charge in [0.1, 0.15) is 6.61 Å². The first-order valence-electron chi connectivity index (χ1n) is 11.8. The maximum absolute atomic E-state index is 13.5. The fourth-order valence-corrected chi connectivity index (χ4v) is 5.29. The van der Waals surface area contributed by atoms with Crippen molar-refractivity contribution in [1.29, 1.82) is 0 Å². The molecule has 0 spiro atoms. The highest BCUT2D eigenvalue weighted by molar-refractivity contribution is 8.16. The highest BCUT2D eigenvalue weighted by atomic mass is 32.2. The lowest BCUT2D eigenvalue weighted by Gasteiger charge is -2.37. The van der Waals surface area contributed by atoms with Gasteiger partial charge in [-0.1, -0.05) is 65.9 Å². The lowest BCUT2D eigenvalue weighted by Crippen LogP contribution is -2.38. The number of carbonyl (C=O) groups is 2. The maximum Gasteiger partial charge on any atom is 0.338 e. The molecule has 35 heavy (non-hydrogen) atoms. The minimum absolute atomic E-state index is 0.0273. The molecule has 0 saturated carbocycles. The quantitative estimate of drug-likeness (QED) is 0.481. The zero-order chi connectivity index (χ0) is 25.1. The first kappa shape index (κ1) is 24.8. The highest BCUT2D eigenvalue weighted by Crippen LogP contribution is 2.45. The summed E-state index contributed by atoms with van der Waals surface area (Å²) in [4.78, 5) is 34.8. The number of aryl methyl sites for hydroxylation is 2. The van der Waals surface area contributed by atoms with Crippen LogP contribution in [0.5, 0.6) is 0 Å². The SMILES string of the molecule is CCN(C)C(=O)CC1=CSC2=NC(C)=C(C(=O)OCc3ccccc3)C(c3ccc(C)cc3C)N12. The summed E-state index contributed by atoms with van der Waals surface area (Å²) in [6.07, 6.45) is 0.239. The van der Waals surface area contributed by atoms with Gasteiger partial charge in [0.25, 0.3) is 0 Å². The second kappa shape index (κ2) is 10.5. The van der Waals surface area contributed by atoms with Crippen LogP contribution in [0, 0.1) is 13.8 Å². The number of aliphatic imine (C=N–C) groups is 1. The number of ether oxygens (including phenoxy) is 1. The van der Waals surface area contributed by atoms with Gasteiger partial charge in [0, 0.05) is 19.3 Å². The van der Waals surface area contributed by atoms with E-state index in [4.69, 9.17) is 9.73 Å². The highest BCUT2D eigenvalue weighted by Gasteiger charge is 2.41. The van der Waals surface area contributed by atoms with Crippen molar-refractivity contribution in [3.63, 3.8) is 0 Å². The molecule has 0 aliphatic carbocycles. The van der Waals surface area contributed by atoms with Gasteiger partial charge < -0.3 is 14.5 Å². The smallest absolute Gasteiger partial charge is 0.338 e. The molecule has 0 bridgehead atoms. The zero-order valence-corrected chi connectivity index (χ0v) is 21.7. The van der Waals surface area contributed by atoms with Crippen LogP contribution in [0.2, 0.25) is 0 Å². The third-order valence-electron chi connectivity index (χ3n) is 6.39. The van der Waals surface area contributed by atoms with E-state index in [0.717, 1.165) is 33.1 Å². The first-order valence-corrected chi connectivity index (χ1v) is 12.6. The van der Waals surface area contributed by atoms with Gasteiger partial charge in [0.05, 0.1) is 23.7 Å². The van der Waals surface area contributed by atoms with E-state index in [-0.39, 0.29) is 18.9 Å². The van der Waals surface area contributed by atoms with E-state index in [0.29, 0.717) is 17.8 Å². The van der Waals surface area contributed by atoms with E-state index < -0.39 is 12.0 Å². The molecule has 4 rings (SSSR count). The average molecular weight is 490 g/mol. The lowest BCUT2D eigenvalue weighted by molar-refractivity contribution is -0.141. The second-order valence-corrected chi connectivity index (χ2v) is 9.74. The van der Waals surface area contributed by atoms with Crippen LogP contribution < -0.4 is 0 Å². The van der Waals surface area contributed by atoms with Crippen molar-refractivity contribution in [1.82, 2.24) is 9.80 Å². The maximum atomic E-state index is 13.5. The summed E-state index contributed by atoms with van der Waals surface area (Å²) < 4.78 is 5.78. The van der Waals surface area contributed by atoms with Crippen LogP contribution in [0.3, 0.4) is 0 Å². The first-order chi connectivity index (χ1) is 16.8. The third kappa shape index (κ3) is 5.20. The Morgan fingerprint density at radius 2 is 1.86 bits per heavy atom. The average Bonchev–Trinajstić information content (AvgIpc) is 3.23. The van der Waals surface area contributed by atoms with E-state index in [1.807, 2.05) is 54.5 Å². The number of amidine groups is 1. The van der Waals surface area contributed by atoms with Crippen LogP contribution in [-0.4, -0.2) is 40.4 Å². The molecule has 6 nitrogen and oxygen atoms in total. The predicted octanol–water partition coefficient (Wildman–Crippen LogP) is 5.49. The second-order valence-electron chi connectivity index (χ2n) is 8.90. The van der Waals surface area contributed by atoms with Crippen LogP contribution in [0.1, 0.15) is 48.6 Å². The molecule has 2 aromatic carbocycles. The van der Waals surface area contributed by atoms with Crippen molar-refractivity contribution in [2.45, 2.75) is 46.8 Å². The number of nitrogens with zero attached hydrogens (tertiary/aromatic N) is 3. The molecular weight excluding hydrogens is 458 g/mol. The van der Waals surface area contributed by atoms with Gasteiger partial charge in [-0.25, -0.2) is 9.79 Å². The summed E-state index contributed by atoms with van der Waals surface area (Å²) in [7, 11) is 1.80. The molecule has 182 valence electrons. The monoisotopic (exact) mass is 489 g/mol. The summed E-state index contributed by atoms with van der Waals surface area (Å²) in [6.45, 7) is 8.74. The molecule has 1 unspecified atom stereocenters. The van der Waals surface area contributed by atoms with Gasteiger partial charge >= 0.3 is 5.97 Å². The van der Waals surface area contributed by atoms with Crippen molar-refractivity contribution in [2.75, 3.05) is 13.6 Å². The minimum Gasteiger partial charge on any atom is -0.457 e. The lowest BCUT2D eigenvalue weighted by atomic mass is 9.90. The molecule has 7 heteroatoms. The molecule has 0 saturated heterocycles. The molecule has 2 aromatic rings. The summed E-state index contributed by atoms with van der Waals surface area (Å²) in [5.74, 6) is -0.369. The van der Waals surface area contributed by atoms with Crippen molar-refractivity contribution in [3.8, 4) is 0 Å². The van der Waals surface area contributed by atoms with E-state index in [1.54, 1.807) is 11.9 Å². The van der Waals surface area contributed by atoms with Gasteiger partial charge in [-0.3, -0.25) is 4.79 Å². The fraction of sp³-hybridized carbons (Fsp3) is 0.321. The van der Waals surface area contributed by atoms with Crippen LogP contribution in [0.25, 0.3) is 0 Å². The zero-order valence-electron chi connectivity index (χ0n) is 20.9. The van der Waals surface area contributed by atoms with Crippen LogP contribution in [0.4, 0.5) is 0 Å². The number of esters is 1. The van der Waals surface area contributed by atoms with Crippen molar-refractivity contribution >= 4 is 28.8 Å². The summed E-state index contributed by atoms with van der Waals surface area (Å²) in [5, 5.41) is 2.75. The Morgan fingerprint density at radius 3 is 2.54 bits per heavy atom. The number of rotatable bonds is 7. The molecule has 2 heterocycles. The van der Waals surface area contributed by atoms with E-state index in [2.05, 4.69) is 32.0 Å². The Labute approximate surface area is 211 Å². The molecule has 2 aliphatic rings. The normalized spacial score (nSPS) is 17.1. The number of amides is 1. The van der Waals surface area contributed by atoms with Crippen LogP contribution >= 0.6 is 11.8 Å². The van der Waals surface area contributed by atoms with E-state index >= 15 is 0 Å². The van der Waals surface area contributed by atoms with Crippen molar-refractivity contribution in [2.24, 2.45) is 4.99 Å². The Morgan fingerprint density at radius 1 is 1.11 bits per heavy atom. The Kier molecular flexibility index (Phi) is 7.45. The van der Waals surface area contributed by atoms with Crippen molar-refractivity contribution in [3.05, 3.63) is 93.2 Å². The number of benzene rings is 2. The Hall–Kier alpha value is -3.32. The molecule has 2 aliphatic heterocycles. The van der Waals surface area contributed by atoms with Crippen LogP contribution in [-0.2, 0) is 20.9 Å². The molecule has 0 radical (unpaired) electrons. The number of allylic oxidation sites excluding steroid dienone is 1. The van der Waals surface area contributed by atoms with Crippen molar-refractivity contribution < 1.29 is 14.3 Å². The fourth-order valence-electron chi connectivity index (χ4n) is 4.32. The summed E-state index contributed by atoms with van der Waals surface area (Å²) >= 11 is 1.49. The largest absolute Gasteiger partial charge is 0.457 e. The number of carbonyl (C=O) groups excluding carboxylic acids is 2. The van der Waals surface area contributed by atoms with Crippen LogP contribution in [0.15, 0.2) is 75.9 Å². The molecule has 0 N–H and O–H groups in total. The summed E-state index contributed by atoms with van der Waals surface area (Å²) in [6, 6.07) is 15.5. The van der Waals surface area contributed by atoms with E-state index in [1.165, 1.54) is 11.8 Å². The van der Waals surface area contributed by atoms with Gasteiger partial charge in [0.15, 0.2) is 5.17 Å². The predicted molar refractivity (Wildman–Crippen MR) is 140 cm³/mol. The minimum atomic E-state index is -0.424.